The first kappa shape index (κ1) is 16.8. The van der Waals surface area contributed by atoms with Gasteiger partial charge < -0.3 is 15.4 Å². The van der Waals surface area contributed by atoms with E-state index in [9.17, 15) is 4.79 Å². The van der Waals surface area contributed by atoms with Crippen molar-refractivity contribution in [3.63, 3.8) is 0 Å². The molecule has 0 saturated heterocycles. The van der Waals surface area contributed by atoms with Gasteiger partial charge in [0, 0.05) is 24.1 Å². The van der Waals surface area contributed by atoms with Gasteiger partial charge >= 0.3 is 0 Å². The molecule has 3 unspecified atom stereocenters. The molecule has 0 aliphatic heterocycles. The van der Waals surface area contributed by atoms with E-state index in [4.69, 9.17) is 4.74 Å². The summed E-state index contributed by atoms with van der Waals surface area (Å²) >= 11 is 0. The lowest BCUT2D eigenvalue weighted by Gasteiger charge is -2.58. The van der Waals surface area contributed by atoms with Gasteiger partial charge in [-0.15, -0.1) is 0 Å². The normalized spacial score (nSPS) is 29.2. The van der Waals surface area contributed by atoms with E-state index < -0.39 is 0 Å². The smallest absolute Gasteiger partial charge is 0.237 e. The molecule has 0 radical (unpaired) electrons. The second-order valence-corrected chi connectivity index (χ2v) is 7.08. The van der Waals surface area contributed by atoms with Crippen molar-refractivity contribution in [1.29, 1.82) is 0 Å². The van der Waals surface area contributed by atoms with Crippen LogP contribution < -0.4 is 10.6 Å². The fourth-order valence-corrected chi connectivity index (χ4v) is 4.08. The Morgan fingerprint density at radius 2 is 1.90 bits per heavy atom. The molecule has 3 atom stereocenters. The van der Waals surface area contributed by atoms with Gasteiger partial charge in [-0.2, -0.15) is 0 Å². The Morgan fingerprint density at radius 1 is 1.24 bits per heavy atom. The number of nitrogens with one attached hydrogen (secondary N) is 2. The summed E-state index contributed by atoms with van der Waals surface area (Å²) in [5.41, 5.74) is 0.278. The highest BCUT2D eigenvalue weighted by molar-refractivity contribution is 5.81. The number of rotatable bonds is 6. The predicted molar refractivity (Wildman–Crippen MR) is 85.2 cm³/mol. The zero-order valence-corrected chi connectivity index (χ0v) is 14.1. The average Bonchev–Trinajstić information content (AvgIpc) is 2.46. The Bertz CT molecular complexity index is 351. The number of hydrogen-bond donors (Lipinski definition) is 2. The number of carbonyl (C=O) groups excluding carboxylic acids is 1. The Hall–Kier alpha value is -0.610. The van der Waals surface area contributed by atoms with Crippen LogP contribution in [0.2, 0.25) is 0 Å². The minimum absolute atomic E-state index is 0.107. The lowest BCUT2D eigenvalue weighted by atomic mass is 9.55. The molecule has 0 bridgehead atoms. The Labute approximate surface area is 129 Å². The summed E-state index contributed by atoms with van der Waals surface area (Å²) in [4.78, 5) is 12.1. The van der Waals surface area contributed by atoms with Crippen molar-refractivity contribution in [1.82, 2.24) is 10.6 Å². The lowest BCUT2D eigenvalue weighted by molar-refractivity contribution is -0.154. The third-order valence-corrected chi connectivity index (χ3v) is 5.21. The minimum atomic E-state index is -0.126. The summed E-state index contributed by atoms with van der Waals surface area (Å²) in [7, 11) is 0. The number of carbonyl (C=O) groups is 1. The van der Waals surface area contributed by atoms with Crippen molar-refractivity contribution in [2.45, 2.75) is 90.4 Å². The van der Waals surface area contributed by atoms with E-state index in [0.717, 1.165) is 13.0 Å². The van der Waals surface area contributed by atoms with Gasteiger partial charge in [0.2, 0.25) is 5.91 Å². The molecule has 1 spiro atoms. The topological polar surface area (TPSA) is 50.4 Å². The third kappa shape index (κ3) is 3.59. The highest BCUT2D eigenvalue weighted by atomic mass is 16.5. The average molecular weight is 296 g/mol. The number of hydrogen-bond acceptors (Lipinski definition) is 3. The molecule has 0 aromatic rings. The van der Waals surface area contributed by atoms with Crippen LogP contribution in [0.5, 0.6) is 0 Å². The molecule has 2 aliphatic rings. The van der Waals surface area contributed by atoms with Crippen LogP contribution in [0.3, 0.4) is 0 Å². The maximum absolute atomic E-state index is 12.1. The van der Waals surface area contributed by atoms with Gasteiger partial charge in [-0.05, 0) is 47.0 Å². The van der Waals surface area contributed by atoms with Crippen LogP contribution in [0.15, 0.2) is 0 Å². The van der Waals surface area contributed by atoms with E-state index in [1.165, 1.54) is 32.1 Å². The van der Waals surface area contributed by atoms with Crippen molar-refractivity contribution in [2.24, 2.45) is 5.41 Å². The molecule has 2 N–H and O–H groups in total. The molecule has 21 heavy (non-hydrogen) atoms. The van der Waals surface area contributed by atoms with Gasteiger partial charge in [-0.25, -0.2) is 0 Å². The minimum Gasteiger partial charge on any atom is -0.378 e. The van der Waals surface area contributed by atoms with E-state index in [-0.39, 0.29) is 23.4 Å². The second-order valence-electron chi connectivity index (χ2n) is 7.08. The highest BCUT2D eigenvalue weighted by Gasteiger charge is 2.55. The quantitative estimate of drug-likeness (QED) is 0.792. The number of ether oxygens (including phenoxy) is 1. The Kier molecular flexibility index (Phi) is 5.67. The molecule has 2 aliphatic carbocycles. The fourth-order valence-electron chi connectivity index (χ4n) is 4.08. The summed E-state index contributed by atoms with van der Waals surface area (Å²) in [6, 6.07) is 0.504. The van der Waals surface area contributed by atoms with E-state index in [0.29, 0.717) is 12.1 Å². The molecule has 0 aromatic heterocycles. The Balaban J connectivity index is 1.94. The summed E-state index contributed by atoms with van der Waals surface area (Å²) in [5.74, 6) is 0.107. The van der Waals surface area contributed by atoms with Crippen molar-refractivity contribution in [2.75, 3.05) is 6.61 Å². The Morgan fingerprint density at radius 3 is 2.48 bits per heavy atom. The third-order valence-electron chi connectivity index (χ3n) is 5.21. The van der Waals surface area contributed by atoms with Gasteiger partial charge in [0.1, 0.15) is 0 Å². The molecule has 122 valence electrons. The van der Waals surface area contributed by atoms with Crippen LogP contribution >= 0.6 is 0 Å². The molecule has 4 nitrogen and oxygen atoms in total. The summed E-state index contributed by atoms with van der Waals surface area (Å²) < 4.78 is 5.97. The molecule has 0 heterocycles. The molecule has 4 heteroatoms. The van der Waals surface area contributed by atoms with E-state index in [1.54, 1.807) is 0 Å². The SMILES string of the molecule is CCOC1CC(NC(C)C(=O)NC(C)C)C12CCCCC2. The van der Waals surface area contributed by atoms with Gasteiger partial charge in [-0.1, -0.05) is 19.3 Å². The first-order chi connectivity index (χ1) is 9.99. The van der Waals surface area contributed by atoms with Crippen molar-refractivity contribution < 1.29 is 9.53 Å². The van der Waals surface area contributed by atoms with Crippen LogP contribution in [-0.4, -0.2) is 36.7 Å². The highest BCUT2D eigenvalue weighted by Crippen LogP contribution is 2.53. The van der Waals surface area contributed by atoms with Gasteiger partial charge in [-0.3, -0.25) is 4.79 Å². The fraction of sp³-hybridized carbons (Fsp3) is 0.941. The van der Waals surface area contributed by atoms with Gasteiger partial charge in [0.15, 0.2) is 0 Å². The van der Waals surface area contributed by atoms with Crippen LogP contribution in [0.1, 0.15) is 66.2 Å². The first-order valence-electron chi connectivity index (χ1n) is 8.67. The summed E-state index contributed by atoms with van der Waals surface area (Å²) in [6.07, 6.45) is 7.87. The largest absolute Gasteiger partial charge is 0.378 e. The van der Waals surface area contributed by atoms with E-state index in [2.05, 4.69) is 17.6 Å². The van der Waals surface area contributed by atoms with Gasteiger partial charge in [0.05, 0.1) is 12.1 Å². The molecule has 1 amide bonds. The second kappa shape index (κ2) is 7.10. The van der Waals surface area contributed by atoms with Crippen LogP contribution in [0.4, 0.5) is 0 Å². The lowest BCUT2D eigenvalue weighted by Crippen LogP contribution is -2.67. The van der Waals surface area contributed by atoms with E-state index >= 15 is 0 Å². The summed E-state index contributed by atoms with van der Waals surface area (Å²) in [6.45, 7) is 8.85. The molecule has 2 fully saturated rings. The molecular formula is C17H32N2O2. The predicted octanol–water partition coefficient (Wildman–Crippen LogP) is 2.62. The van der Waals surface area contributed by atoms with Gasteiger partial charge in [0.25, 0.3) is 0 Å². The standard InChI is InChI=1S/C17H32N2O2/c1-5-21-15-11-14(17(15)9-7-6-8-10-17)19-13(4)16(20)18-12(2)3/h12-15,19H,5-11H2,1-4H3,(H,18,20). The van der Waals surface area contributed by atoms with Crippen LogP contribution in [0.25, 0.3) is 0 Å². The zero-order chi connectivity index (χ0) is 15.5. The van der Waals surface area contributed by atoms with E-state index in [1.807, 2.05) is 20.8 Å². The maximum atomic E-state index is 12.1. The molecule has 0 aromatic carbocycles. The number of amides is 1. The van der Waals surface area contributed by atoms with Crippen LogP contribution in [0, 0.1) is 5.41 Å². The molecule has 2 rings (SSSR count). The molecular weight excluding hydrogens is 264 g/mol. The molecule has 2 saturated carbocycles. The summed E-state index contributed by atoms with van der Waals surface area (Å²) in [5, 5.41) is 6.57. The first-order valence-corrected chi connectivity index (χ1v) is 8.67. The zero-order valence-electron chi connectivity index (χ0n) is 14.1. The van der Waals surface area contributed by atoms with Crippen molar-refractivity contribution >= 4 is 5.91 Å². The van der Waals surface area contributed by atoms with Crippen LogP contribution in [-0.2, 0) is 9.53 Å². The van der Waals surface area contributed by atoms with Crippen molar-refractivity contribution in [3.05, 3.63) is 0 Å². The monoisotopic (exact) mass is 296 g/mol. The van der Waals surface area contributed by atoms with Crippen molar-refractivity contribution in [3.8, 4) is 0 Å². The maximum Gasteiger partial charge on any atom is 0.237 e.